The first-order valence-electron chi connectivity index (χ1n) is 7.59. The second kappa shape index (κ2) is 5.62. The third kappa shape index (κ3) is 3.01. The van der Waals surface area contributed by atoms with E-state index >= 15 is 0 Å². The van der Waals surface area contributed by atoms with Crippen LogP contribution in [0.2, 0.25) is 0 Å². The molecule has 2 aromatic rings. The fraction of sp³-hybridized carbons (Fsp3) is 0.471. The first-order chi connectivity index (χ1) is 10.1. The summed E-state index contributed by atoms with van der Waals surface area (Å²) in [4.78, 5) is 0. The molecule has 1 heterocycles. The summed E-state index contributed by atoms with van der Waals surface area (Å²) in [7, 11) is 0. The van der Waals surface area contributed by atoms with Crippen molar-refractivity contribution in [3.63, 3.8) is 0 Å². The summed E-state index contributed by atoms with van der Waals surface area (Å²) in [5.74, 6) is 0.604. The molecule has 4 heteroatoms. The minimum Gasteiger partial charge on any atom is -0.394 e. The van der Waals surface area contributed by atoms with Crippen LogP contribution in [0.15, 0.2) is 36.5 Å². The molecular weight excluding hydrogens is 262 g/mol. The molecule has 1 aliphatic carbocycles. The number of para-hydroxylation sites is 1. The summed E-state index contributed by atoms with van der Waals surface area (Å²) in [6.07, 6.45) is 4.50. The van der Waals surface area contributed by atoms with Gasteiger partial charge in [0, 0.05) is 23.8 Å². The molecule has 1 fully saturated rings. The van der Waals surface area contributed by atoms with E-state index in [1.807, 2.05) is 41.9 Å². The maximum Gasteiger partial charge on any atom is 0.0645 e. The normalized spacial score (nSPS) is 17.7. The molecule has 0 spiro atoms. The highest BCUT2D eigenvalue weighted by molar-refractivity contribution is 5.32. The predicted molar refractivity (Wildman–Crippen MR) is 83.4 cm³/mol. The molecule has 112 valence electrons. The lowest BCUT2D eigenvalue weighted by Gasteiger charge is -2.28. The molecule has 0 saturated heterocycles. The van der Waals surface area contributed by atoms with Gasteiger partial charge in [-0.3, -0.25) is 0 Å². The third-order valence-electron chi connectivity index (χ3n) is 4.51. The topological polar surface area (TPSA) is 50.1 Å². The van der Waals surface area contributed by atoms with Gasteiger partial charge in [0.25, 0.3) is 0 Å². The first kappa shape index (κ1) is 14.3. The number of aryl methyl sites for hydroxylation is 1. The second-order valence-electron chi connectivity index (χ2n) is 6.22. The van der Waals surface area contributed by atoms with Crippen LogP contribution in [0.25, 0.3) is 5.69 Å². The molecule has 0 radical (unpaired) electrons. The van der Waals surface area contributed by atoms with E-state index in [9.17, 15) is 5.11 Å². The van der Waals surface area contributed by atoms with Crippen LogP contribution in [0.4, 0.5) is 0 Å². The van der Waals surface area contributed by atoms with Crippen LogP contribution in [0.1, 0.15) is 31.0 Å². The zero-order valence-electron chi connectivity index (χ0n) is 12.7. The number of benzene rings is 1. The molecular formula is C17H23N3O. The van der Waals surface area contributed by atoms with Gasteiger partial charge in [-0.1, -0.05) is 18.2 Å². The number of hydrogen-bond acceptors (Lipinski definition) is 3. The van der Waals surface area contributed by atoms with E-state index in [0.29, 0.717) is 5.92 Å². The van der Waals surface area contributed by atoms with E-state index in [1.54, 1.807) is 0 Å². The Balaban J connectivity index is 1.73. The van der Waals surface area contributed by atoms with Crippen molar-refractivity contribution in [3.8, 4) is 5.69 Å². The average Bonchev–Trinajstić information content (AvgIpc) is 3.30. The Bertz CT molecular complexity index is 604. The summed E-state index contributed by atoms with van der Waals surface area (Å²) in [5, 5.41) is 17.8. The molecule has 1 unspecified atom stereocenters. The van der Waals surface area contributed by atoms with Crippen molar-refractivity contribution in [3.05, 3.63) is 47.8 Å². The van der Waals surface area contributed by atoms with Crippen LogP contribution in [0.3, 0.4) is 0 Å². The van der Waals surface area contributed by atoms with Gasteiger partial charge in [-0.05, 0) is 44.7 Å². The molecule has 4 nitrogen and oxygen atoms in total. The number of aliphatic hydroxyl groups is 1. The van der Waals surface area contributed by atoms with Crippen LogP contribution in [0, 0.1) is 12.8 Å². The molecule has 1 atom stereocenters. The van der Waals surface area contributed by atoms with Gasteiger partial charge in [0.1, 0.15) is 0 Å². The zero-order chi connectivity index (χ0) is 14.9. The zero-order valence-corrected chi connectivity index (χ0v) is 12.7. The Labute approximate surface area is 125 Å². The number of aliphatic hydroxyl groups excluding tert-OH is 1. The van der Waals surface area contributed by atoms with E-state index in [0.717, 1.165) is 17.9 Å². The lowest BCUT2D eigenvalue weighted by molar-refractivity contribution is 0.153. The van der Waals surface area contributed by atoms with Gasteiger partial charge in [0.05, 0.1) is 18.0 Å². The van der Waals surface area contributed by atoms with Gasteiger partial charge in [-0.15, -0.1) is 0 Å². The van der Waals surface area contributed by atoms with Gasteiger partial charge in [-0.25, -0.2) is 4.68 Å². The van der Waals surface area contributed by atoms with Gasteiger partial charge in [0.15, 0.2) is 0 Å². The van der Waals surface area contributed by atoms with Crippen LogP contribution in [-0.2, 0) is 6.54 Å². The molecule has 21 heavy (non-hydrogen) atoms. The summed E-state index contributed by atoms with van der Waals surface area (Å²) in [6.45, 7) is 5.07. The molecule has 1 aromatic carbocycles. The molecule has 0 aliphatic heterocycles. The Morgan fingerprint density at radius 2 is 2.05 bits per heavy atom. The molecule has 3 rings (SSSR count). The van der Waals surface area contributed by atoms with Crippen molar-refractivity contribution in [1.29, 1.82) is 0 Å². The monoisotopic (exact) mass is 285 g/mol. The van der Waals surface area contributed by atoms with Gasteiger partial charge in [-0.2, -0.15) is 5.10 Å². The highest BCUT2D eigenvalue weighted by Gasteiger charge is 2.40. The Morgan fingerprint density at radius 1 is 1.33 bits per heavy atom. The molecule has 2 N–H and O–H groups in total. The van der Waals surface area contributed by atoms with Gasteiger partial charge < -0.3 is 10.4 Å². The predicted octanol–water partition coefficient (Wildman–Crippen LogP) is 2.43. The number of rotatable bonds is 6. The van der Waals surface area contributed by atoms with Crippen molar-refractivity contribution in [1.82, 2.24) is 15.1 Å². The average molecular weight is 285 g/mol. The summed E-state index contributed by atoms with van der Waals surface area (Å²) in [5.41, 5.74) is 3.11. The number of nitrogens with one attached hydrogen (secondary N) is 1. The number of hydrogen-bond donors (Lipinski definition) is 2. The van der Waals surface area contributed by atoms with Crippen LogP contribution >= 0.6 is 0 Å². The van der Waals surface area contributed by atoms with E-state index in [1.165, 1.54) is 18.4 Å². The molecule has 1 saturated carbocycles. The van der Waals surface area contributed by atoms with Crippen molar-refractivity contribution in [2.24, 2.45) is 5.92 Å². The van der Waals surface area contributed by atoms with E-state index in [4.69, 9.17) is 0 Å². The smallest absolute Gasteiger partial charge is 0.0645 e. The Morgan fingerprint density at radius 3 is 2.67 bits per heavy atom. The van der Waals surface area contributed by atoms with Crippen molar-refractivity contribution in [2.75, 3.05) is 6.61 Å². The summed E-state index contributed by atoms with van der Waals surface area (Å²) >= 11 is 0. The largest absolute Gasteiger partial charge is 0.394 e. The highest BCUT2D eigenvalue weighted by Crippen LogP contribution is 2.39. The SMILES string of the molecule is Cc1nn(-c2ccccc2)cc1CNC(C)(CO)C1CC1. The summed E-state index contributed by atoms with van der Waals surface area (Å²) < 4.78 is 1.92. The van der Waals surface area contributed by atoms with Crippen molar-refractivity contribution < 1.29 is 5.11 Å². The van der Waals surface area contributed by atoms with Crippen LogP contribution in [-0.4, -0.2) is 27.0 Å². The van der Waals surface area contributed by atoms with Crippen molar-refractivity contribution >= 4 is 0 Å². The Hall–Kier alpha value is -1.65. The number of nitrogens with zero attached hydrogens (tertiary/aromatic N) is 2. The molecule has 1 aromatic heterocycles. The van der Waals surface area contributed by atoms with Gasteiger partial charge >= 0.3 is 0 Å². The van der Waals surface area contributed by atoms with Crippen LogP contribution in [0.5, 0.6) is 0 Å². The Kier molecular flexibility index (Phi) is 3.83. The van der Waals surface area contributed by atoms with E-state index in [-0.39, 0.29) is 12.1 Å². The molecule has 0 bridgehead atoms. The fourth-order valence-electron chi connectivity index (χ4n) is 2.73. The van der Waals surface area contributed by atoms with Crippen molar-refractivity contribution in [2.45, 2.75) is 38.8 Å². The van der Waals surface area contributed by atoms with E-state index < -0.39 is 0 Å². The fourth-order valence-corrected chi connectivity index (χ4v) is 2.73. The third-order valence-corrected chi connectivity index (χ3v) is 4.51. The minimum absolute atomic E-state index is 0.165. The maximum atomic E-state index is 9.64. The standard InChI is InChI=1S/C17H23N3O/c1-13-14(10-18-17(2,12-21)15-8-9-15)11-20(19-13)16-6-4-3-5-7-16/h3-7,11,15,18,21H,8-10,12H2,1-2H3. The second-order valence-corrected chi connectivity index (χ2v) is 6.22. The lowest BCUT2D eigenvalue weighted by Crippen LogP contribution is -2.47. The first-order valence-corrected chi connectivity index (χ1v) is 7.59. The van der Waals surface area contributed by atoms with Crippen LogP contribution < -0.4 is 5.32 Å². The quantitative estimate of drug-likeness (QED) is 0.857. The molecule has 1 aliphatic rings. The molecule has 0 amide bonds. The maximum absolute atomic E-state index is 9.64. The highest BCUT2D eigenvalue weighted by atomic mass is 16.3. The van der Waals surface area contributed by atoms with E-state index in [2.05, 4.69) is 23.5 Å². The summed E-state index contributed by atoms with van der Waals surface area (Å²) in [6, 6.07) is 10.1. The van der Waals surface area contributed by atoms with Gasteiger partial charge in [0.2, 0.25) is 0 Å². The lowest BCUT2D eigenvalue weighted by atomic mass is 9.96. The minimum atomic E-state index is -0.165. The number of aromatic nitrogens is 2.